The Kier molecular flexibility index (Phi) is 3.20. The van der Waals surface area contributed by atoms with Crippen molar-refractivity contribution in [2.24, 2.45) is 0 Å². The molecule has 0 bridgehead atoms. The lowest BCUT2D eigenvalue weighted by molar-refractivity contribution is 0.577. The van der Waals surface area contributed by atoms with E-state index in [2.05, 4.69) is 9.69 Å². The zero-order valence-electron chi connectivity index (χ0n) is 13.1. The molecule has 2 heterocycles. The molecule has 0 saturated carbocycles. The first kappa shape index (κ1) is 15.0. The Morgan fingerprint density at radius 2 is 1.23 bits per heavy atom. The Hall–Kier alpha value is -4.52. The number of fused-ring (bicyclic) bond motifs is 3. The van der Waals surface area contributed by atoms with Gasteiger partial charge >= 0.3 is 5.82 Å². The normalized spacial score (nSPS) is 10.2. The Bertz CT molecular complexity index is 1300. The second-order valence-electron chi connectivity index (χ2n) is 5.49. The lowest BCUT2D eigenvalue weighted by Gasteiger charge is -1.98. The topological polar surface area (TPSA) is 82.6 Å². The van der Waals surface area contributed by atoms with E-state index in [9.17, 15) is 0 Å². The molecule has 0 aliphatic carbocycles. The van der Waals surface area contributed by atoms with E-state index < -0.39 is 0 Å². The molecule has 0 saturated heterocycles. The van der Waals surface area contributed by atoms with Crippen LogP contribution in [0.5, 0.6) is 0 Å². The van der Waals surface area contributed by atoms with Crippen molar-refractivity contribution in [2.75, 3.05) is 0 Å². The first-order valence-corrected chi connectivity index (χ1v) is 7.37. The van der Waals surface area contributed by atoms with Gasteiger partial charge in [-0.25, -0.2) is 0 Å². The van der Waals surface area contributed by atoms with Gasteiger partial charge in [0.2, 0.25) is 5.42 Å². The van der Waals surface area contributed by atoms with Crippen molar-refractivity contribution in [3.8, 4) is 12.1 Å². The fourth-order valence-electron chi connectivity index (χ4n) is 2.83. The van der Waals surface area contributed by atoms with Gasteiger partial charge in [0.15, 0.2) is 11.0 Å². The zero-order chi connectivity index (χ0) is 18.3. The van der Waals surface area contributed by atoms with Crippen molar-refractivity contribution >= 4 is 44.1 Å². The van der Waals surface area contributed by atoms with Crippen LogP contribution in [0.3, 0.4) is 0 Å². The zero-order valence-corrected chi connectivity index (χ0v) is 13.1. The molecule has 118 valence electrons. The highest BCUT2D eigenvalue weighted by Gasteiger charge is 2.12. The highest BCUT2D eigenvalue weighted by Crippen LogP contribution is 2.27. The van der Waals surface area contributed by atoms with E-state index in [1.807, 2.05) is 36.4 Å². The molecule has 6 heteroatoms. The van der Waals surface area contributed by atoms with Crippen LogP contribution >= 0.6 is 0 Å². The third-order valence-corrected chi connectivity index (χ3v) is 4.01. The van der Waals surface area contributed by atoms with E-state index >= 15 is 0 Å². The fraction of sp³-hybridized carbons (Fsp3) is 0. The second kappa shape index (κ2) is 5.53. The summed E-state index contributed by atoms with van der Waals surface area (Å²) in [5.74, 6) is -0.111. The Morgan fingerprint density at radius 1 is 0.731 bits per heavy atom. The molecule has 0 aliphatic heterocycles. The predicted octanol–water partition coefficient (Wildman–Crippen LogP) is 3.43. The molecular formula is C20H6N4O2. The molecule has 0 N–H and O–H groups in total. The molecule has 4 rings (SSSR count). The number of furan rings is 2. The van der Waals surface area contributed by atoms with Gasteiger partial charge in [-0.15, -0.1) is 0 Å². The largest absolute Gasteiger partial charge is 0.562 e. The van der Waals surface area contributed by atoms with E-state index in [1.54, 1.807) is 12.1 Å². The molecule has 4 aromatic rings. The molecule has 0 amide bonds. The van der Waals surface area contributed by atoms with Gasteiger partial charge in [0.25, 0.3) is 0 Å². The number of nitriles is 2. The van der Waals surface area contributed by atoms with Crippen molar-refractivity contribution in [1.29, 1.82) is 10.5 Å². The number of benzene rings is 2. The number of hydrogen-bond donors (Lipinski definition) is 0. The van der Waals surface area contributed by atoms with Crippen molar-refractivity contribution in [3.05, 3.63) is 70.1 Å². The van der Waals surface area contributed by atoms with Crippen LogP contribution in [-0.2, 0) is 0 Å². The van der Waals surface area contributed by atoms with E-state index in [-0.39, 0.29) is 22.2 Å². The van der Waals surface area contributed by atoms with Crippen LogP contribution in [0.15, 0.2) is 45.2 Å². The highest BCUT2D eigenvalue weighted by atomic mass is 16.3. The average molecular weight is 334 g/mol. The van der Waals surface area contributed by atoms with Crippen molar-refractivity contribution in [3.63, 3.8) is 0 Å². The first-order valence-electron chi connectivity index (χ1n) is 7.37. The molecule has 0 fully saturated rings. The van der Waals surface area contributed by atoms with Gasteiger partial charge in [-0.2, -0.15) is 20.2 Å². The molecular weight excluding hydrogens is 328 g/mol. The monoisotopic (exact) mass is 334 g/mol. The highest BCUT2D eigenvalue weighted by molar-refractivity contribution is 6.02. The van der Waals surface area contributed by atoms with Gasteiger partial charge in [-0.1, -0.05) is 0 Å². The molecule has 0 aliphatic rings. The summed E-state index contributed by atoms with van der Waals surface area (Å²) in [7, 11) is 0. The van der Waals surface area contributed by atoms with Crippen LogP contribution in [0, 0.1) is 35.8 Å². The molecule has 2 aromatic carbocycles. The van der Waals surface area contributed by atoms with Crippen LogP contribution in [0.4, 0.5) is 0 Å². The number of rotatable bonds is 0. The molecule has 6 nitrogen and oxygen atoms in total. The van der Waals surface area contributed by atoms with Crippen LogP contribution in [-0.4, -0.2) is 0 Å². The van der Waals surface area contributed by atoms with Crippen molar-refractivity contribution in [1.82, 2.24) is 0 Å². The third-order valence-electron chi connectivity index (χ3n) is 4.01. The Balaban J connectivity index is 2.06. The number of nitrogens with zero attached hydrogens (tertiary/aromatic N) is 4. The lowest BCUT2D eigenvalue weighted by atomic mass is 10.1. The second-order valence-corrected chi connectivity index (χ2v) is 5.49. The average Bonchev–Trinajstić information content (AvgIpc) is 3.23. The van der Waals surface area contributed by atoms with E-state index in [0.717, 1.165) is 21.5 Å². The van der Waals surface area contributed by atoms with Crippen LogP contribution < -0.4 is 10.8 Å². The van der Waals surface area contributed by atoms with Crippen LogP contribution in [0.25, 0.3) is 53.8 Å². The van der Waals surface area contributed by atoms with Gasteiger partial charge in [-0.3, -0.25) is 0 Å². The van der Waals surface area contributed by atoms with Gasteiger partial charge in [0, 0.05) is 10.8 Å². The van der Waals surface area contributed by atoms with E-state index in [4.69, 9.17) is 32.5 Å². The molecule has 26 heavy (non-hydrogen) atoms. The molecule has 0 spiro atoms. The minimum Gasteiger partial charge on any atom is -0.460 e. The minimum atomic E-state index is -0.111. The minimum absolute atomic E-state index is 0.0787. The smallest absolute Gasteiger partial charge is 0.460 e. The van der Waals surface area contributed by atoms with Crippen LogP contribution in [0.2, 0.25) is 0 Å². The predicted molar refractivity (Wildman–Crippen MR) is 94.0 cm³/mol. The summed E-state index contributed by atoms with van der Waals surface area (Å²) in [6.45, 7) is 14.1. The van der Waals surface area contributed by atoms with E-state index in [0.29, 0.717) is 11.2 Å². The summed E-state index contributed by atoms with van der Waals surface area (Å²) in [6.07, 6.45) is 0. The summed E-state index contributed by atoms with van der Waals surface area (Å²) >= 11 is 0. The molecule has 0 radical (unpaired) electrons. The molecule has 2 aromatic heterocycles. The van der Waals surface area contributed by atoms with Crippen molar-refractivity contribution < 1.29 is 8.83 Å². The summed E-state index contributed by atoms with van der Waals surface area (Å²) in [4.78, 5) is 6.34. The quantitative estimate of drug-likeness (QED) is 0.461. The summed E-state index contributed by atoms with van der Waals surface area (Å²) in [6, 6.07) is 14.3. The van der Waals surface area contributed by atoms with Gasteiger partial charge in [-0.05, 0) is 47.2 Å². The third kappa shape index (κ3) is 2.16. The summed E-state index contributed by atoms with van der Waals surface area (Å²) < 4.78 is 11.3. The lowest BCUT2D eigenvalue weighted by Crippen LogP contribution is -1.97. The fourth-order valence-corrected chi connectivity index (χ4v) is 2.83. The standard InChI is InChI=1S/C20H6N4O2/c1-23-20(24-2)19-8-14-4-12-5-16-13(3-11(12)6-17(14)26-19)7-18(25-16)15(9-21)10-22/h3-8H. The maximum Gasteiger partial charge on any atom is 0.562 e. The maximum absolute atomic E-state index is 8.98. The van der Waals surface area contributed by atoms with Gasteiger partial charge in [0.05, 0.1) is 0 Å². The van der Waals surface area contributed by atoms with Crippen LogP contribution in [0.1, 0.15) is 0 Å². The maximum atomic E-state index is 8.98. The number of hydrogen-bond acceptors (Lipinski definition) is 4. The summed E-state index contributed by atoms with van der Waals surface area (Å²) in [5, 5.41) is 21.2. The van der Waals surface area contributed by atoms with Gasteiger partial charge < -0.3 is 8.83 Å². The molecule has 0 unspecified atom stereocenters. The first-order chi connectivity index (χ1) is 12.7. The Morgan fingerprint density at radius 3 is 1.73 bits per heavy atom. The van der Waals surface area contributed by atoms with Gasteiger partial charge in [0.1, 0.15) is 36.4 Å². The van der Waals surface area contributed by atoms with E-state index in [1.165, 1.54) is 0 Å². The van der Waals surface area contributed by atoms with Crippen molar-refractivity contribution in [2.45, 2.75) is 0 Å². The SMILES string of the molecule is [C-]#[N+]C([N+]#[C-])=c1cc2cc3cc4oc(=C(C#N)C#N)cc4cc3cc2o1. The molecule has 0 atom stereocenters. The summed E-state index contributed by atoms with van der Waals surface area (Å²) in [5.41, 5.74) is 1.54. The Labute approximate surface area is 146 Å².